The summed E-state index contributed by atoms with van der Waals surface area (Å²) in [6.45, 7) is 5.46. The van der Waals surface area contributed by atoms with E-state index < -0.39 is 5.91 Å². The van der Waals surface area contributed by atoms with Crippen LogP contribution in [0.1, 0.15) is 23.7 Å². The number of nitriles is 1. The molecule has 156 valence electrons. The van der Waals surface area contributed by atoms with Crippen molar-refractivity contribution in [3.63, 3.8) is 0 Å². The van der Waals surface area contributed by atoms with E-state index in [2.05, 4.69) is 26.2 Å². The molecule has 0 radical (unpaired) electrons. The topological polar surface area (TPSA) is 86.1 Å². The number of benzene rings is 2. The van der Waals surface area contributed by atoms with Gasteiger partial charge >= 0.3 is 0 Å². The molecule has 0 aliphatic heterocycles. The Labute approximate surface area is 193 Å². The van der Waals surface area contributed by atoms with Gasteiger partial charge in [0, 0.05) is 16.8 Å². The average Bonchev–Trinajstić information content (AvgIpc) is 3.18. The smallest absolute Gasteiger partial charge is 0.266 e. The highest BCUT2D eigenvalue weighted by atomic mass is 79.9. The van der Waals surface area contributed by atoms with E-state index in [0.717, 1.165) is 11.1 Å². The van der Waals surface area contributed by atoms with Gasteiger partial charge in [0.25, 0.3) is 5.91 Å². The number of carbonyl (C=O) groups excluding carboxylic acids is 2. The van der Waals surface area contributed by atoms with Gasteiger partial charge in [0.05, 0.1) is 17.1 Å². The van der Waals surface area contributed by atoms with E-state index in [-0.39, 0.29) is 11.5 Å². The molecule has 0 spiro atoms. The van der Waals surface area contributed by atoms with Crippen LogP contribution in [0.3, 0.4) is 0 Å². The van der Waals surface area contributed by atoms with Crippen LogP contribution in [0.15, 0.2) is 57.9 Å². The summed E-state index contributed by atoms with van der Waals surface area (Å²) >= 11 is 4.62. The standard InChI is InChI=1S/C23H19BrN4O2S/c1-14-8-9-19(10-15(14)2)28(16(3)29)23-26-18(13-31-23)11-17(12-25)22(30)27-21-7-5-4-6-20(21)24/h4-11,13H,1-3H3,(H,27,30)/b17-11-. The SMILES string of the molecule is CC(=O)N(c1ccc(C)c(C)c1)c1nc(/C=C(/C#N)C(=O)Nc2ccccc2Br)cs1. The van der Waals surface area contributed by atoms with E-state index in [1.165, 1.54) is 29.2 Å². The van der Waals surface area contributed by atoms with Crippen LogP contribution in [0.4, 0.5) is 16.5 Å². The molecule has 1 N–H and O–H groups in total. The molecule has 0 unspecified atom stereocenters. The molecule has 6 nitrogen and oxygen atoms in total. The number of nitrogens with one attached hydrogen (secondary N) is 1. The van der Waals surface area contributed by atoms with Crippen LogP contribution in [0.5, 0.6) is 0 Å². The molecule has 31 heavy (non-hydrogen) atoms. The minimum atomic E-state index is -0.540. The summed E-state index contributed by atoms with van der Waals surface area (Å²) in [5, 5.41) is 14.3. The molecule has 3 rings (SSSR count). The van der Waals surface area contributed by atoms with E-state index in [1.54, 1.807) is 23.6 Å². The first-order valence-corrected chi connectivity index (χ1v) is 11.0. The summed E-state index contributed by atoms with van der Waals surface area (Å²) in [5.41, 5.74) is 3.81. The van der Waals surface area contributed by atoms with Crippen LogP contribution >= 0.6 is 27.3 Å². The lowest BCUT2D eigenvalue weighted by Crippen LogP contribution is -2.22. The third-order valence-electron chi connectivity index (χ3n) is 4.54. The largest absolute Gasteiger partial charge is 0.320 e. The van der Waals surface area contributed by atoms with Crippen LogP contribution in [0.2, 0.25) is 0 Å². The molecule has 1 aromatic heterocycles. The predicted octanol–water partition coefficient (Wildman–Crippen LogP) is 5.75. The summed E-state index contributed by atoms with van der Waals surface area (Å²) in [5.74, 6) is -0.721. The van der Waals surface area contributed by atoms with Crippen LogP contribution < -0.4 is 10.2 Å². The van der Waals surface area contributed by atoms with Gasteiger partial charge < -0.3 is 5.32 Å². The predicted molar refractivity (Wildman–Crippen MR) is 127 cm³/mol. The molecule has 3 aromatic rings. The molecule has 0 aliphatic rings. The fraction of sp³-hybridized carbons (Fsp3) is 0.130. The molecular weight excluding hydrogens is 476 g/mol. The Bertz CT molecular complexity index is 1230. The zero-order chi connectivity index (χ0) is 22.5. The number of para-hydroxylation sites is 1. The third-order valence-corrected chi connectivity index (χ3v) is 6.08. The molecule has 0 aliphatic carbocycles. The maximum absolute atomic E-state index is 12.5. The van der Waals surface area contributed by atoms with Gasteiger partial charge in [-0.25, -0.2) is 4.98 Å². The number of hydrogen-bond donors (Lipinski definition) is 1. The van der Waals surface area contributed by atoms with Crippen molar-refractivity contribution >= 4 is 61.7 Å². The Hall–Kier alpha value is -3.28. The van der Waals surface area contributed by atoms with Gasteiger partial charge in [0.1, 0.15) is 11.6 Å². The summed E-state index contributed by atoms with van der Waals surface area (Å²) in [4.78, 5) is 30.8. The van der Waals surface area contributed by atoms with Crippen molar-refractivity contribution in [2.45, 2.75) is 20.8 Å². The van der Waals surface area contributed by atoms with Crippen LogP contribution in [-0.2, 0) is 9.59 Å². The van der Waals surface area contributed by atoms with Gasteiger partial charge in [-0.3, -0.25) is 14.5 Å². The van der Waals surface area contributed by atoms with Crippen LogP contribution in [0, 0.1) is 25.2 Å². The van der Waals surface area contributed by atoms with Gasteiger partial charge in [0.15, 0.2) is 5.13 Å². The van der Waals surface area contributed by atoms with Gasteiger partial charge in [0.2, 0.25) is 5.91 Å². The zero-order valence-electron chi connectivity index (χ0n) is 17.1. The minimum Gasteiger partial charge on any atom is -0.320 e. The molecule has 0 atom stereocenters. The fourth-order valence-electron chi connectivity index (χ4n) is 2.79. The first kappa shape index (κ1) is 22.4. The number of halogens is 1. The van der Waals surface area contributed by atoms with Crippen molar-refractivity contribution in [1.82, 2.24) is 4.98 Å². The summed E-state index contributed by atoms with van der Waals surface area (Å²) < 4.78 is 0.710. The van der Waals surface area contributed by atoms with E-state index in [0.29, 0.717) is 26.7 Å². The maximum atomic E-state index is 12.5. The molecule has 0 fully saturated rings. The first-order chi connectivity index (χ1) is 14.8. The Morgan fingerprint density at radius 1 is 1.19 bits per heavy atom. The molecule has 0 saturated carbocycles. The van der Waals surface area contributed by atoms with Crippen LogP contribution in [0.25, 0.3) is 6.08 Å². The van der Waals surface area contributed by atoms with Gasteiger partial charge in [-0.1, -0.05) is 18.2 Å². The van der Waals surface area contributed by atoms with Crippen molar-refractivity contribution in [2.24, 2.45) is 0 Å². The second-order valence-electron chi connectivity index (χ2n) is 6.78. The number of nitrogens with zero attached hydrogens (tertiary/aromatic N) is 3. The van der Waals surface area contributed by atoms with Crippen molar-refractivity contribution in [1.29, 1.82) is 5.26 Å². The summed E-state index contributed by atoms with van der Waals surface area (Å²) in [6.07, 6.45) is 1.41. The van der Waals surface area contributed by atoms with Crippen molar-refractivity contribution < 1.29 is 9.59 Å². The Morgan fingerprint density at radius 2 is 1.94 bits per heavy atom. The highest BCUT2D eigenvalue weighted by Crippen LogP contribution is 2.31. The first-order valence-electron chi connectivity index (χ1n) is 9.31. The lowest BCUT2D eigenvalue weighted by Gasteiger charge is -2.19. The Balaban J connectivity index is 1.88. The van der Waals surface area contributed by atoms with Crippen molar-refractivity contribution in [3.8, 4) is 6.07 Å². The van der Waals surface area contributed by atoms with Crippen molar-refractivity contribution in [3.05, 3.63) is 74.7 Å². The average molecular weight is 495 g/mol. The molecule has 2 amide bonds. The van der Waals surface area contributed by atoms with E-state index in [9.17, 15) is 14.9 Å². The van der Waals surface area contributed by atoms with Crippen molar-refractivity contribution in [2.75, 3.05) is 10.2 Å². The van der Waals surface area contributed by atoms with Gasteiger partial charge in [-0.2, -0.15) is 5.26 Å². The summed E-state index contributed by atoms with van der Waals surface area (Å²) in [6, 6.07) is 14.8. The number of aromatic nitrogens is 1. The van der Waals surface area contributed by atoms with E-state index in [1.807, 2.05) is 44.2 Å². The lowest BCUT2D eigenvalue weighted by molar-refractivity contribution is -0.116. The quantitative estimate of drug-likeness (QED) is 0.361. The second kappa shape index (κ2) is 9.69. The number of anilines is 3. The highest BCUT2D eigenvalue weighted by molar-refractivity contribution is 9.10. The fourth-order valence-corrected chi connectivity index (χ4v) is 4.01. The molecule has 2 aromatic carbocycles. The summed E-state index contributed by atoms with van der Waals surface area (Å²) in [7, 11) is 0. The second-order valence-corrected chi connectivity index (χ2v) is 8.47. The molecule has 0 saturated heterocycles. The minimum absolute atomic E-state index is 0.0897. The number of rotatable bonds is 5. The lowest BCUT2D eigenvalue weighted by atomic mass is 10.1. The monoisotopic (exact) mass is 494 g/mol. The van der Waals surface area contributed by atoms with Gasteiger partial charge in [-0.15, -0.1) is 11.3 Å². The number of hydrogen-bond acceptors (Lipinski definition) is 5. The molecular formula is C23H19BrN4O2S. The third kappa shape index (κ3) is 5.26. The Kier molecular flexibility index (Phi) is 7.00. The Morgan fingerprint density at radius 3 is 2.58 bits per heavy atom. The normalized spacial score (nSPS) is 11.0. The van der Waals surface area contributed by atoms with E-state index >= 15 is 0 Å². The zero-order valence-corrected chi connectivity index (χ0v) is 19.5. The number of thiazole rings is 1. The number of amides is 2. The van der Waals surface area contributed by atoms with E-state index in [4.69, 9.17) is 0 Å². The van der Waals surface area contributed by atoms with Gasteiger partial charge in [-0.05, 0) is 71.2 Å². The van der Waals surface area contributed by atoms with Crippen LogP contribution in [-0.4, -0.2) is 16.8 Å². The molecule has 8 heteroatoms. The number of aryl methyl sites for hydroxylation is 2. The number of carbonyl (C=O) groups is 2. The molecule has 1 heterocycles. The molecule has 0 bridgehead atoms. The highest BCUT2D eigenvalue weighted by Gasteiger charge is 2.19. The maximum Gasteiger partial charge on any atom is 0.266 e.